The van der Waals surface area contributed by atoms with E-state index < -0.39 is 0 Å². The average Bonchev–Trinajstić information content (AvgIpc) is 3.09. The second-order valence-corrected chi connectivity index (χ2v) is 6.40. The quantitative estimate of drug-likeness (QED) is 0.526. The number of carbonyl (C=O) groups excluding carboxylic acids is 1. The zero-order valence-corrected chi connectivity index (χ0v) is 14.1. The smallest absolute Gasteiger partial charge is 0.233 e. The first-order valence-corrected chi connectivity index (χ1v) is 8.27. The monoisotopic (exact) mass is 343 g/mol. The van der Waals surface area contributed by atoms with Crippen molar-refractivity contribution in [1.82, 2.24) is 25.3 Å². The number of H-pyrrole nitrogens is 1. The molecular formula is C16H17N5O2S. The van der Waals surface area contributed by atoms with Crippen LogP contribution in [0.3, 0.4) is 0 Å². The summed E-state index contributed by atoms with van der Waals surface area (Å²) < 4.78 is 5.29. The molecule has 0 radical (unpaired) electrons. The molecule has 1 amide bonds. The Labute approximate surface area is 143 Å². The third kappa shape index (κ3) is 3.48. The summed E-state index contributed by atoms with van der Waals surface area (Å²) in [6.07, 6.45) is 3.01. The Hall–Kier alpha value is -2.61. The Morgan fingerprint density at radius 1 is 1.33 bits per heavy atom. The number of ether oxygens (including phenoxy) is 1. The fraction of sp³-hybridized carbons (Fsp3) is 0.250. The lowest BCUT2D eigenvalue weighted by Gasteiger charge is -2.13. The van der Waals surface area contributed by atoms with Gasteiger partial charge < -0.3 is 15.0 Å². The van der Waals surface area contributed by atoms with Gasteiger partial charge in [-0.15, -0.1) is 0 Å². The van der Waals surface area contributed by atoms with Gasteiger partial charge in [-0.1, -0.05) is 30.0 Å². The molecule has 7 nitrogen and oxygen atoms in total. The van der Waals surface area contributed by atoms with Crippen LogP contribution in [0.4, 0.5) is 0 Å². The van der Waals surface area contributed by atoms with E-state index in [0.717, 1.165) is 16.8 Å². The van der Waals surface area contributed by atoms with Gasteiger partial charge in [-0.05, 0) is 13.0 Å². The lowest BCUT2D eigenvalue weighted by Crippen LogP contribution is -2.30. The number of nitrogens with zero attached hydrogens (tertiary/aromatic N) is 3. The number of rotatable bonds is 6. The SMILES string of the molecule is COc1ccccc1CNC(=O)[C@H](C)Sc1ncnc2nc[nH]c12. The van der Waals surface area contributed by atoms with Gasteiger partial charge in [-0.2, -0.15) is 0 Å². The molecule has 0 unspecified atom stereocenters. The lowest BCUT2D eigenvalue weighted by atomic mass is 10.2. The van der Waals surface area contributed by atoms with E-state index in [2.05, 4.69) is 25.3 Å². The zero-order valence-electron chi connectivity index (χ0n) is 13.3. The highest BCUT2D eigenvalue weighted by Gasteiger charge is 2.18. The summed E-state index contributed by atoms with van der Waals surface area (Å²) in [4.78, 5) is 27.7. The van der Waals surface area contributed by atoms with Crippen LogP contribution in [0.5, 0.6) is 5.75 Å². The van der Waals surface area contributed by atoms with Crippen LogP contribution in [0.2, 0.25) is 0 Å². The molecule has 3 aromatic rings. The maximum atomic E-state index is 12.4. The van der Waals surface area contributed by atoms with Gasteiger partial charge in [-0.3, -0.25) is 4.79 Å². The number of amides is 1. The number of imidazole rings is 1. The predicted molar refractivity (Wildman–Crippen MR) is 91.8 cm³/mol. The van der Waals surface area contributed by atoms with Crippen LogP contribution in [0.1, 0.15) is 12.5 Å². The van der Waals surface area contributed by atoms with Crippen molar-refractivity contribution in [1.29, 1.82) is 0 Å². The van der Waals surface area contributed by atoms with E-state index in [1.54, 1.807) is 13.4 Å². The van der Waals surface area contributed by atoms with E-state index >= 15 is 0 Å². The molecular weight excluding hydrogens is 326 g/mol. The predicted octanol–water partition coefficient (Wildman–Crippen LogP) is 2.16. The van der Waals surface area contributed by atoms with Crippen LogP contribution >= 0.6 is 11.8 Å². The highest BCUT2D eigenvalue weighted by molar-refractivity contribution is 8.00. The molecule has 0 aliphatic rings. The second-order valence-electron chi connectivity index (χ2n) is 5.07. The lowest BCUT2D eigenvalue weighted by molar-refractivity contribution is -0.120. The Bertz CT molecular complexity index is 851. The van der Waals surface area contributed by atoms with Crippen molar-refractivity contribution in [2.45, 2.75) is 23.7 Å². The van der Waals surface area contributed by atoms with Crippen molar-refractivity contribution in [3.8, 4) is 5.75 Å². The number of nitrogens with one attached hydrogen (secondary N) is 2. The summed E-state index contributed by atoms with van der Waals surface area (Å²) in [5.41, 5.74) is 2.27. The van der Waals surface area contributed by atoms with Gasteiger partial charge in [0.25, 0.3) is 0 Å². The van der Waals surface area contributed by atoms with Gasteiger partial charge in [-0.25, -0.2) is 15.0 Å². The van der Waals surface area contributed by atoms with E-state index in [1.807, 2.05) is 31.2 Å². The number of thioether (sulfide) groups is 1. The van der Waals surface area contributed by atoms with Crippen LogP contribution in [0.25, 0.3) is 11.2 Å². The third-order valence-corrected chi connectivity index (χ3v) is 4.59. The van der Waals surface area contributed by atoms with Crippen molar-refractivity contribution >= 4 is 28.8 Å². The molecule has 1 atom stereocenters. The van der Waals surface area contributed by atoms with Gasteiger partial charge in [0.2, 0.25) is 5.91 Å². The summed E-state index contributed by atoms with van der Waals surface area (Å²) in [6, 6.07) is 7.61. The number of hydrogen-bond donors (Lipinski definition) is 2. The number of benzene rings is 1. The number of aromatic nitrogens is 4. The van der Waals surface area contributed by atoms with Crippen LogP contribution in [-0.4, -0.2) is 38.2 Å². The minimum atomic E-state index is -0.305. The number of hydrogen-bond acceptors (Lipinski definition) is 6. The normalized spacial score (nSPS) is 12.1. The number of fused-ring (bicyclic) bond motifs is 1. The van der Waals surface area contributed by atoms with Crippen molar-refractivity contribution in [2.24, 2.45) is 0 Å². The third-order valence-electron chi connectivity index (χ3n) is 3.49. The molecule has 0 fully saturated rings. The molecule has 2 aromatic heterocycles. The number of carbonyl (C=O) groups is 1. The Morgan fingerprint density at radius 3 is 3.00 bits per heavy atom. The maximum absolute atomic E-state index is 12.4. The molecule has 0 aliphatic heterocycles. The maximum Gasteiger partial charge on any atom is 0.233 e. The topological polar surface area (TPSA) is 92.8 Å². The van der Waals surface area contributed by atoms with E-state index in [4.69, 9.17) is 4.74 Å². The molecule has 2 N–H and O–H groups in total. The molecule has 0 spiro atoms. The van der Waals surface area contributed by atoms with E-state index in [1.165, 1.54) is 18.1 Å². The minimum Gasteiger partial charge on any atom is -0.496 e. The fourth-order valence-electron chi connectivity index (χ4n) is 2.23. The Morgan fingerprint density at radius 2 is 2.17 bits per heavy atom. The number of para-hydroxylation sites is 1. The van der Waals surface area contributed by atoms with Crippen LogP contribution < -0.4 is 10.1 Å². The molecule has 0 saturated carbocycles. The minimum absolute atomic E-state index is 0.0721. The summed E-state index contributed by atoms with van der Waals surface area (Å²) in [7, 11) is 1.61. The first-order chi connectivity index (χ1) is 11.7. The van der Waals surface area contributed by atoms with E-state index in [0.29, 0.717) is 17.2 Å². The zero-order chi connectivity index (χ0) is 16.9. The van der Waals surface area contributed by atoms with Crippen LogP contribution in [0, 0.1) is 0 Å². The van der Waals surface area contributed by atoms with Crippen molar-refractivity contribution in [3.63, 3.8) is 0 Å². The van der Waals surface area contributed by atoms with Gasteiger partial charge in [0.1, 0.15) is 22.6 Å². The Balaban J connectivity index is 1.64. The molecule has 124 valence electrons. The first-order valence-electron chi connectivity index (χ1n) is 7.39. The fourth-order valence-corrected chi connectivity index (χ4v) is 3.13. The summed E-state index contributed by atoms with van der Waals surface area (Å²) in [5, 5.41) is 3.33. The van der Waals surface area contributed by atoms with Gasteiger partial charge in [0.15, 0.2) is 5.65 Å². The van der Waals surface area contributed by atoms with Gasteiger partial charge in [0.05, 0.1) is 18.7 Å². The molecule has 0 aliphatic carbocycles. The molecule has 0 saturated heterocycles. The molecule has 2 heterocycles. The van der Waals surface area contributed by atoms with Crippen molar-refractivity contribution in [2.75, 3.05) is 7.11 Å². The summed E-state index contributed by atoms with van der Waals surface area (Å²) in [6.45, 7) is 2.25. The first kappa shape index (κ1) is 16.3. The number of methoxy groups -OCH3 is 1. The standard InChI is InChI=1S/C16H17N5O2S/c1-10(24-16-13-14(19-8-18-13)20-9-21-16)15(22)17-7-11-5-3-4-6-12(11)23-2/h3-6,8-10H,7H2,1-2H3,(H,17,22)(H,18,19,20,21)/t10-/m0/s1. The molecule has 1 aromatic carbocycles. The van der Waals surface area contributed by atoms with Crippen molar-refractivity contribution in [3.05, 3.63) is 42.5 Å². The summed E-state index contributed by atoms with van der Waals surface area (Å²) >= 11 is 1.37. The van der Waals surface area contributed by atoms with E-state index in [9.17, 15) is 4.79 Å². The largest absolute Gasteiger partial charge is 0.496 e. The number of aromatic amines is 1. The van der Waals surface area contributed by atoms with Crippen molar-refractivity contribution < 1.29 is 9.53 Å². The second kappa shape index (κ2) is 7.31. The van der Waals surface area contributed by atoms with Crippen LogP contribution in [-0.2, 0) is 11.3 Å². The average molecular weight is 343 g/mol. The van der Waals surface area contributed by atoms with E-state index in [-0.39, 0.29) is 11.2 Å². The summed E-state index contributed by atoms with van der Waals surface area (Å²) in [5.74, 6) is 0.685. The Kier molecular flexibility index (Phi) is 4.95. The highest BCUT2D eigenvalue weighted by atomic mass is 32.2. The molecule has 24 heavy (non-hydrogen) atoms. The highest BCUT2D eigenvalue weighted by Crippen LogP contribution is 2.26. The van der Waals surface area contributed by atoms with Crippen LogP contribution in [0.15, 0.2) is 41.9 Å². The van der Waals surface area contributed by atoms with Gasteiger partial charge >= 0.3 is 0 Å². The molecule has 3 rings (SSSR count). The molecule has 0 bridgehead atoms. The van der Waals surface area contributed by atoms with Gasteiger partial charge in [0, 0.05) is 12.1 Å². The molecule has 8 heteroatoms.